The molecule has 4 aromatic rings. The fourth-order valence-corrected chi connectivity index (χ4v) is 15.4. The number of likely N-dealkylation sites (tertiary alicyclic amines) is 2. The summed E-state index contributed by atoms with van der Waals surface area (Å²) < 4.78 is 25.1. The van der Waals surface area contributed by atoms with Crippen molar-refractivity contribution in [1.29, 1.82) is 0 Å². The van der Waals surface area contributed by atoms with Gasteiger partial charge >= 0.3 is 23.9 Å². The third kappa shape index (κ3) is 8.03. The van der Waals surface area contributed by atoms with Gasteiger partial charge in [0.1, 0.15) is 17.6 Å². The number of benzene rings is 2. The highest BCUT2D eigenvalue weighted by Gasteiger charge is 2.93. The zero-order valence-corrected chi connectivity index (χ0v) is 42.3. The van der Waals surface area contributed by atoms with Gasteiger partial charge in [0, 0.05) is 51.5 Å². The van der Waals surface area contributed by atoms with Gasteiger partial charge in [-0.05, 0) is 114 Å². The van der Waals surface area contributed by atoms with Crippen LogP contribution in [-0.4, -0.2) is 98.2 Å². The standard InChI is InChI=1S/C55H66N4O8S2/c1-36-45(49(61)66-40(38-21-11-7-12-22-38)34-58-27-15-9-16-28-58)47(42-25-19-31-68-42)54(33-44(60)64-5)52(3,56-36)55(51(63)65-6)48(43-26-20-32-69-43)46(37(2)57-53(54,55)4)50(62)67-41(39-23-13-8-14-24-39)35-59-29-17-10-18-30-59/h7-8,11-14,19-26,31-32,40-41,47-48,56-57H,9-10,15-18,27-30,33-35H2,1-6H3/t40?,41?,47?,48?,52-,53-,54+,55-/m0/s1. The van der Waals surface area contributed by atoms with Crippen molar-refractivity contribution < 1.29 is 38.1 Å². The number of carbonyl (C=O) groups excluding carboxylic acids is 4. The van der Waals surface area contributed by atoms with E-state index in [0.29, 0.717) is 35.6 Å². The van der Waals surface area contributed by atoms with Gasteiger partial charge in [0.15, 0.2) is 0 Å². The molecule has 69 heavy (non-hydrogen) atoms. The summed E-state index contributed by atoms with van der Waals surface area (Å²) in [4.78, 5) is 67.4. The van der Waals surface area contributed by atoms with Gasteiger partial charge in [-0.1, -0.05) is 85.6 Å². The van der Waals surface area contributed by atoms with Crippen molar-refractivity contribution in [2.24, 2.45) is 10.8 Å². The van der Waals surface area contributed by atoms with E-state index in [1.54, 1.807) is 0 Å². The number of piperidine rings is 2. The number of esters is 4. The molecule has 2 N–H and O–H groups in total. The van der Waals surface area contributed by atoms with E-state index in [2.05, 4.69) is 20.4 Å². The lowest BCUT2D eigenvalue weighted by molar-refractivity contribution is -0.275. The Morgan fingerprint density at radius 1 is 0.609 bits per heavy atom. The van der Waals surface area contributed by atoms with Crippen LogP contribution in [0.5, 0.6) is 0 Å². The van der Waals surface area contributed by atoms with Gasteiger partial charge in [0.25, 0.3) is 0 Å². The van der Waals surface area contributed by atoms with Gasteiger partial charge in [0.2, 0.25) is 0 Å². The second-order valence-corrected chi connectivity index (χ2v) is 21.8. The fraction of sp³-hybridized carbons (Fsp3) is 0.491. The molecule has 0 radical (unpaired) electrons. The number of carbonyl (C=O) groups is 4. The molecule has 3 fully saturated rings. The van der Waals surface area contributed by atoms with Crippen LogP contribution in [0, 0.1) is 10.8 Å². The van der Waals surface area contributed by atoms with Gasteiger partial charge in [-0.15, -0.1) is 22.7 Å². The number of thiophene rings is 2. The van der Waals surface area contributed by atoms with E-state index < -0.39 is 69.8 Å². The molecule has 0 bridgehead atoms. The largest absolute Gasteiger partial charge is 0.469 e. The molecule has 4 aliphatic heterocycles. The van der Waals surface area contributed by atoms with Gasteiger partial charge in [-0.3, -0.25) is 19.4 Å². The molecule has 6 heterocycles. The SMILES string of the molecule is COC(=O)C[C@@]12C(c3cccs3)C(C(=O)OC(CN3CCCCC3)c3ccccc3)=C(C)N[C@]1(C)[C@@]1(C(=O)OC)C(c3cccs3)C(C(=O)OC(CN3CCCCC3)c3ccccc3)=C(C)N[C@@]21C. The molecule has 5 aliphatic rings. The summed E-state index contributed by atoms with van der Waals surface area (Å²) in [5.74, 6) is -3.91. The summed E-state index contributed by atoms with van der Waals surface area (Å²) in [5.41, 5.74) is -2.38. The molecule has 0 amide bonds. The number of allylic oxidation sites excluding steroid dienone is 2. The van der Waals surface area contributed by atoms with E-state index in [-0.39, 0.29) is 6.42 Å². The van der Waals surface area contributed by atoms with Crippen LogP contribution >= 0.6 is 22.7 Å². The first-order valence-corrected chi connectivity index (χ1v) is 26.3. The molecular formula is C55H66N4O8S2. The maximum Gasteiger partial charge on any atom is 0.337 e. The summed E-state index contributed by atoms with van der Waals surface area (Å²) in [5, 5.41) is 11.5. The van der Waals surface area contributed by atoms with E-state index in [4.69, 9.17) is 18.9 Å². The normalized spacial score (nSPS) is 29.0. The van der Waals surface area contributed by atoms with Crippen LogP contribution in [-0.2, 0) is 38.1 Å². The molecule has 12 nitrogen and oxygen atoms in total. The number of fused-ring (bicyclic) bond motifs is 4. The Morgan fingerprint density at radius 3 is 1.45 bits per heavy atom. The molecule has 8 atom stereocenters. The summed E-state index contributed by atoms with van der Waals surface area (Å²) >= 11 is 2.93. The second-order valence-electron chi connectivity index (χ2n) is 19.8. The first-order chi connectivity index (χ1) is 33.3. The Hall–Kier alpha value is -5.28. The minimum absolute atomic E-state index is 0.214. The summed E-state index contributed by atoms with van der Waals surface area (Å²) in [6, 6.07) is 27.5. The third-order valence-corrected chi connectivity index (χ3v) is 18.3. The van der Waals surface area contributed by atoms with Crippen LogP contribution in [0.2, 0.25) is 0 Å². The molecule has 1 aliphatic carbocycles. The lowest BCUT2D eigenvalue weighted by atomic mass is 9.23. The Morgan fingerprint density at radius 2 is 1.04 bits per heavy atom. The molecule has 2 saturated heterocycles. The van der Waals surface area contributed by atoms with Crippen LogP contribution in [0.4, 0.5) is 0 Å². The van der Waals surface area contributed by atoms with Crippen molar-refractivity contribution in [2.45, 2.75) is 108 Å². The van der Waals surface area contributed by atoms with Gasteiger partial charge in [0.05, 0.1) is 42.9 Å². The van der Waals surface area contributed by atoms with E-state index in [1.807, 2.05) is 123 Å². The molecule has 14 heteroatoms. The Bertz CT molecular complexity index is 2540. The Balaban J connectivity index is 1.22. The van der Waals surface area contributed by atoms with Crippen LogP contribution in [0.1, 0.15) is 118 Å². The number of ether oxygens (including phenoxy) is 4. The van der Waals surface area contributed by atoms with E-state index >= 15 is 14.4 Å². The highest BCUT2D eigenvalue weighted by molar-refractivity contribution is 7.10. The van der Waals surface area contributed by atoms with Gasteiger partial charge < -0.3 is 29.6 Å². The minimum atomic E-state index is -1.65. The molecule has 1 saturated carbocycles. The lowest BCUT2D eigenvalue weighted by Crippen LogP contribution is -2.98. The van der Waals surface area contributed by atoms with Crippen molar-refractivity contribution in [2.75, 3.05) is 53.5 Å². The zero-order valence-electron chi connectivity index (χ0n) is 40.7. The quantitative estimate of drug-likeness (QED) is 0.0869. The number of nitrogens with one attached hydrogen (secondary N) is 2. The van der Waals surface area contributed by atoms with Crippen molar-refractivity contribution in [3.05, 3.63) is 139 Å². The van der Waals surface area contributed by atoms with Crippen molar-refractivity contribution in [1.82, 2.24) is 20.4 Å². The fourth-order valence-electron chi connectivity index (χ4n) is 13.5. The van der Waals surface area contributed by atoms with E-state index in [1.165, 1.54) is 49.7 Å². The minimum Gasteiger partial charge on any atom is -0.469 e. The Labute approximate surface area is 414 Å². The average Bonchev–Trinajstić information content (AvgIpc) is 4.11. The monoisotopic (exact) mass is 974 g/mol. The van der Waals surface area contributed by atoms with Crippen LogP contribution in [0.3, 0.4) is 0 Å². The maximum absolute atomic E-state index is 15.7. The Kier molecular flexibility index (Phi) is 14.0. The zero-order chi connectivity index (χ0) is 48.6. The topological polar surface area (TPSA) is 136 Å². The molecule has 2 aromatic carbocycles. The molecule has 9 rings (SSSR count). The van der Waals surface area contributed by atoms with E-state index in [0.717, 1.165) is 72.7 Å². The molecule has 2 aromatic heterocycles. The molecular weight excluding hydrogens is 909 g/mol. The predicted molar refractivity (Wildman–Crippen MR) is 267 cm³/mol. The van der Waals surface area contributed by atoms with Crippen LogP contribution < -0.4 is 10.6 Å². The van der Waals surface area contributed by atoms with Gasteiger partial charge in [-0.25, -0.2) is 9.59 Å². The van der Waals surface area contributed by atoms with Crippen molar-refractivity contribution >= 4 is 46.6 Å². The maximum atomic E-state index is 15.7. The predicted octanol–water partition coefficient (Wildman–Crippen LogP) is 9.21. The van der Waals surface area contributed by atoms with E-state index in [9.17, 15) is 4.79 Å². The van der Waals surface area contributed by atoms with Crippen molar-refractivity contribution in [3.63, 3.8) is 0 Å². The second kappa shape index (κ2) is 19.8. The summed E-state index contributed by atoms with van der Waals surface area (Å²) in [6.45, 7) is 12.3. The highest BCUT2D eigenvalue weighted by Crippen LogP contribution is 2.82. The van der Waals surface area contributed by atoms with Crippen LogP contribution in [0.15, 0.2) is 118 Å². The van der Waals surface area contributed by atoms with Crippen LogP contribution in [0.25, 0.3) is 0 Å². The first-order valence-electron chi connectivity index (χ1n) is 24.5. The molecule has 366 valence electrons. The number of methoxy groups -OCH3 is 2. The van der Waals surface area contributed by atoms with Crippen molar-refractivity contribution in [3.8, 4) is 0 Å². The number of hydrogen-bond acceptors (Lipinski definition) is 14. The number of nitrogens with zero attached hydrogens (tertiary/aromatic N) is 2. The molecule has 0 spiro atoms. The summed E-state index contributed by atoms with van der Waals surface area (Å²) in [6.07, 6.45) is 5.27. The lowest BCUT2D eigenvalue weighted by Gasteiger charge is -2.83. The number of hydrogen-bond donors (Lipinski definition) is 2. The van der Waals surface area contributed by atoms with Gasteiger partial charge in [-0.2, -0.15) is 0 Å². The summed E-state index contributed by atoms with van der Waals surface area (Å²) in [7, 11) is 2.73. The first kappa shape index (κ1) is 48.7. The molecule has 4 unspecified atom stereocenters. The average molecular weight is 975 g/mol. The number of rotatable bonds is 15. The third-order valence-electron chi connectivity index (χ3n) is 16.4. The smallest absolute Gasteiger partial charge is 0.337 e. The highest BCUT2D eigenvalue weighted by atomic mass is 32.1.